The van der Waals surface area contributed by atoms with Gasteiger partial charge in [0.2, 0.25) is 0 Å². The van der Waals surface area contributed by atoms with E-state index < -0.39 is 18.2 Å². The van der Waals surface area contributed by atoms with Crippen LogP contribution in [0.4, 0.5) is 5.69 Å². The second-order valence-electron chi connectivity index (χ2n) is 10.6. The summed E-state index contributed by atoms with van der Waals surface area (Å²) in [6, 6.07) is 27.4. The van der Waals surface area contributed by atoms with Gasteiger partial charge in [-0.1, -0.05) is 60.7 Å². The van der Waals surface area contributed by atoms with Gasteiger partial charge in [-0.2, -0.15) is 0 Å². The van der Waals surface area contributed by atoms with Crippen molar-refractivity contribution in [2.24, 2.45) is 0 Å². The van der Waals surface area contributed by atoms with Crippen LogP contribution in [0.3, 0.4) is 0 Å². The van der Waals surface area contributed by atoms with Crippen molar-refractivity contribution in [3.8, 4) is 0 Å². The van der Waals surface area contributed by atoms with Gasteiger partial charge in [-0.25, -0.2) is 9.59 Å². The molecule has 1 amide bonds. The van der Waals surface area contributed by atoms with Crippen molar-refractivity contribution in [1.29, 1.82) is 0 Å². The summed E-state index contributed by atoms with van der Waals surface area (Å²) in [6.07, 6.45) is -0.269. The third kappa shape index (κ3) is 6.53. The lowest BCUT2D eigenvalue weighted by molar-refractivity contribution is -0.245. The molecule has 9 nitrogen and oxygen atoms in total. The molecule has 4 aromatic carbocycles. The second kappa shape index (κ2) is 13.0. The summed E-state index contributed by atoms with van der Waals surface area (Å²) in [4.78, 5) is 37.3. The van der Waals surface area contributed by atoms with Gasteiger partial charge in [0.05, 0.1) is 29.9 Å². The van der Waals surface area contributed by atoms with E-state index >= 15 is 0 Å². The maximum absolute atomic E-state index is 12.7. The number of rotatable bonds is 9. The molecule has 0 bridgehead atoms. The van der Waals surface area contributed by atoms with Crippen LogP contribution in [0.5, 0.6) is 0 Å². The van der Waals surface area contributed by atoms with Crippen molar-refractivity contribution in [3.05, 3.63) is 130 Å². The molecule has 4 aromatic rings. The van der Waals surface area contributed by atoms with Crippen molar-refractivity contribution in [2.75, 3.05) is 11.5 Å². The highest BCUT2D eigenvalue weighted by molar-refractivity contribution is 7.99. The van der Waals surface area contributed by atoms with E-state index in [-0.39, 0.29) is 48.0 Å². The standard InChI is InChI=1S/C34H30N2O7S/c35-28-3-1-2-4-30(28)44-19-25-16-29(22-9-7-21(18-37)8-10-22)42-34(41-25)23-11-5-20(6-12-23)17-36-31(38)24-13-14-26-27(15-24)33(40)43-32(26)39/h1-15,25,29,34,37H,16-19,35H2,(H,36,38)/t25-,29+,34?/m0/s1. The highest BCUT2D eigenvalue weighted by atomic mass is 32.2. The number of thioether (sulfide) groups is 1. The molecule has 0 spiro atoms. The SMILES string of the molecule is Nc1ccccc1SC[C@@H]1C[C@H](c2ccc(CO)cc2)OC(c2ccc(CNC(=O)c3ccc4c(c3)C(=O)OC4=O)cc2)O1. The minimum absolute atomic E-state index is 0.0228. The molecule has 1 fully saturated rings. The zero-order valence-corrected chi connectivity index (χ0v) is 24.4. The largest absolute Gasteiger partial charge is 0.398 e. The Morgan fingerprint density at radius 2 is 1.57 bits per heavy atom. The summed E-state index contributed by atoms with van der Waals surface area (Å²) >= 11 is 1.65. The number of nitrogens with two attached hydrogens (primary N) is 1. The Hall–Kier alpha value is -4.48. The lowest BCUT2D eigenvalue weighted by atomic mass is 10.0. The minimum Gasteiger partial charge on any atom is -0.398 e. The Balaban J connectivity index is 1.13. The molecular weight excluding hydrogens is 580 g/mol. The summed E-state index contributed by atoms with van der Waals surface area (Å²) in [7, 11) is 0. The second-order valence-corrected chi connectivity index (χ2v) is 11.6. The minimum atomic E-state index is -0.753. The Kier molecular flexibility index (Phi) is 8.76. The molecule has 0 aromatic heterocycles. The molecule has 0 radical (unpaired) electrons. The van der Waals surface area contributed by atoms with Gasteiger partial charge in [0.1, 0.15) is 0 Å². The topological polar surface area (TPSA) is 137 Å². The van der Waals surface area contributed by atoms with Crippen LogP contribution in [0.2, 0.25) is 0 Å². The quantitative estimate of drug-likeness (QED) is 0.0993. The van der Waals surface area contributed by atoms with Gasteiger partial charge in [0, 0.05) is 40.4 Å². The highest BCUT2D eigenvalue weighted by Crippen LogP contribution is 2.40. The number of aliphatic hydroxyl groups is 1. The number of ether oxygens (including phenoxy) is 3. The first-order valence-corrected chi connectivity index (χ1v) is 15.1. The van der Waals surface area contributed by atoms with Crippen molar-refractivity contribution in [1.82, 2.24) is 5.32 Å². The van der Waals surface area contributed by atoms with Crippen LogP contribution in [0.15, 0.2) is 95.9 Å². The number of aliphatic hydroxyl groups excluding tert-OH is 1. The molecule has 1 unspecified atom stereocenters. The predicted octanol–water partition coefficient (Wildman–Crippen LogP) is 5.34. The highest BCUT2D eigenvalue weighted by Gasteiger charge is 2.33. The van der Waals surface area contributed by atoms with E-state index in [1.54, 1.807) is 11.8 Å². The maximum Gasteiger partial charge on any atom is 0.346 e. The number of fused-ring (bicyclic) bond motifs is 1. The molecule has 2 aliphatic rings. The third-order valence-corrected chi connectivity index (χ3v) is 8.79. The van der Waals surface area contributed by atoms with Gasteiger partial charge in [-0.15, -0.1) is 11.8 Å². The molecule has 2 aliphatic heterocycles. The monoisotopic (exact) mass is 610 g/mol. The van der Waals surface area contributed by atoms with Crippen molar-refractivity contribution < 1.29 is 33.7 Å². The molecule has 0 saturated carbocycles. The average Bonchev–Trinajstić information content (AvgIpc) is 3.35. The van der Waals surface area contributed by atoms with Gasteiger partial charge in [0.15, 0.2) is 6.29 Å². The predicted molar refractivity (Wildman–Crippen MR) is 164 cm³/mol. The van der Waals surface area contributed by atoms with Gasteiger partial charge >= 0.3 is 11.9 Å². The number of carbonyl (C=O) groups excluding carboxylic acids is 3. The molecule has 4 N–H and O–H groups in total. The zero-order chi connectivity index (χ0) is 30.6. The van der Waals surface area contributed by atoms with E-state index in [1.165, 1.54) is 18.2 Å². The first-order chi connectivity index (χ1) is 21.4. The summed E-state index contributed by atoms with van der Waals surface area (Å²) in [6.45, 7) is 0.231. The van der Waals surface area contributed by atoms with E-state index in [2.05, 4.69) is 10.1 Å². The fourth-order valence-electron chi connectivity index (χ4n) is 5.12. The number of hydrogen-bond acceptors (Lipinski definition) is 9. The number of nitrogens with one attached hydrogen (secondary N) is 1. The van der Waals surface area contributed by atoms with Crippen LogP contribution in [-0.2, 0) is 27.4 Å². The van der Waals surface area contributed by atoms with E-state index in [0.717, 1.165) is 32.8 Å². The number of carbonyl (C=O) groups is 3. The van der Waals surface area contributed by atoms with E-state index in [4.69, 9.17) is 15.2 Å². The first kappa shape index (κ1) is 29.6. The number of benzene rings is 4. The van der Waals surface area contributed by atoms with Crippen LogP contribution in [0.25, 0.3) is 0 Å². The average molecular weight is 611 g/mol. The van der Waals surface area contributed by atoms with Crippen LogP contribution >= 0.6 is 11.8 Å². The smallest absolute Gasteiger partial charge is 0.346 e. The summed E-state index contributed by atoms with van der Waals surface area (Å²) in [5, 5.41) is 12.3. The number of anilines is 1. The Morgan fingerprint density at radius 1 is 0.864 bits per heavy atom. The fraction of sp³-hybridized carbons (Fsp3) is 0.206. The van der Waals surface area contributed by atoms with Crippen molar-refractivity contribution >= 4 is 35.3 Å². The molecule has 6 rings (SSSR count). The van der Waals surface area contributed by atoms with Crippen LogP contribution < -0.4 is 11.1 Å². The lowest BCUT2D eigenvalue weighted by Gasteiger charge is -2.36. The lowest BCUT2D eigenvalue weighted by Crippen LogP contribution is -2.31. The van der Waals surface area contributed by atoms with Crippen molar-refractivity contribution in [3.63, 3.8) is 0 Å². The molecule has 224 valence electrons. The molecular formula is C34H30N2O7S. The fourth-order valence-corrected chi connectivity index (χ4v) is 6.11. The molecule has 10 heteroatoms. The summed E-state index contributed by atoms with van der Waals surface area (Å²) < 4.78 is 17.5. The van der Waals surface area contributed by atoms with Gasteiger partial charge in [0.25, 0.3) is 5.91 Å². The number of hydrogen-bond donors (Lipinski definition) is 3. The summed E-state index contributed by atoms with van der Waals surface area (Å²) in [5.74, 6) is -1.15. The number of para-hydroxylation sites is 1. The van der Waals surface area contributed by atoms with Crippen LogP contribution in [0, 0.1) is 0 Å². The maximum atomic E-state index is 12.7. The molecule has 3 atom stereocenters. The van der Waals surface area contributed by atoms with Crippen LogP contribution in [0.1, 0.15) is 72.1 Å². The Morgan fingerprint density at radius 3 is 2.32 bits per heavy atom. The molecule has 0 aliphatic carbocycles. The van der Waals surface area contributed by atoms with Gasteiger partial charge in [-0.3, -0.25) is 4.79 Å². The normalized spacial score (nSPS) is 19.3. The van der Waals surface area contributed by atoms with Crippen molar-refractivity contribution in [2.45, 2.75) is 43.0 Å². The van der Waals surface area contributed by atoms with Gasteiger partial charge in [-0.05, 0) is 47.0 Å². The third-order valence-electron chi connectivity index (χ3n) is 7.57. The number of cyclic esters (lactones) is 2. The van der Waals surface area contributed by atoms with E-state index in [9.17, 15) is 19.5 Å². The van der Waals surface area contributed by atoms with Crippen LogP contribution in [-0.4, -0.2) is 34.8 Å². The number of nitrogen functional groups attached to an aromatic ring is 1. The Bertz CT molecular complexity index is 1690. The Labute approximate surface area is 258 Å². The van der Waals surface area contributed by atoms with E-state index in [1.807, 2.05) is 72.8 Å². The molecule has 44 heavy (non-hydrogen) atoms. The molecule has 1 saturated heterocycles. The van der Waals surface area contributed by atoms with Gasteiger partial charge < -0.3 is 30.4 Å². The first-order valence-electron chi connectivity index (χ1n) is 14.1. The number of amides is 1. The summed E-state index contributed by atoms with van der Waals surface area (Å²) in [5.41, 5.74) is 10.9. The molecule has 2 heterocycles. The van der Waals surface area contributed by atoms with E-state index in [0.29, 0.717) is 12.2 Å². The number of esters is 2. The zero-order valence-electron chi connectivity index (χ0n) is 23.6.